The van der Waals surface area contributed by atoms with Crippen molar-refractivity contribution < 1.29 is 33.9 Å². The first kappa shape index (κ1) is 26.2. The average molecular weight is 495 g/mol. The molecule has 4 rings (SSSR count). The zero-order valence-electron chi connectivity index (χ0n) is 21.3. The number of nitrogens with zero attached hydrogens (tertiary/aromatic N) is 1. The van der Waals surface area contributed by atoms with E-state index in [0.29, 0.717) is 24.2 Å². The number of benzene rings is 1. The maximum absolute atomic E-state index is 13.3. The van der Waals surface area contributed by atoms with Gasteiger partial charge in [0, 0.05) is 5.56 Å². The van der Waals surface area contributed by atoms with E-state index in [1.54, 1.807) is 12.1 Å². The molecule has 0 spiro atoms. The van der Waals surface area contributed by atoms with Crippen LogP contribution in [0.15, 0.2) is 41.0 Å². The molecule has 3 aliphatic rings. The van der Waals surface area contributed by atoms with Gasteiger partial charge in [0.2, 0.25) is 11.8 Å². The normalized spacial score (nSPS) is 26.4. The molecule has 2 aliphatic heterocycles. The Morgan fingerprint density at radius 2 is 1.97 bits per heavy atom. The standard InChI is InChI=1S/C27H34BNO7/c1-5-16(12-17-8-6-7-9-21(17)30)10-11-22-23-18(15(2)3)13-19-24(20(23)14-28(34)36-22)26(32)29(25(19)31)27(33)35-4/h6-9,12,15,19-20,22,24,30,34H,5,10-11,13-14H2,1-4H3/b16-12+/t19-,20+,22-,24-/m1/s1. The molecule has 9 heteroatoms. The van der Waals surface area contributed by atoms with E-state index < -0.39 is 43.0 Å². The third-order valence-electron chi connectivity index (χ3n) is 7.78. The van der Waals surface area contributed by atoms with Crippen LogP contribution in [0.4, 0.5) is 4.79 Å². The van der Waals surface area contributed by atoms with Crippen molar-refractivity contribution in [3.8, 4) is 5.75 Å². The Morgan fingerprint density at radius 1 is 1.25 bits per heavy atom. The lowest BCUT2D eigenvalue weighted by Gasteiger charge is -2.44. The molecule has 1 aliphatic carbocycles. The maximum atomic E-state index is 13.3. The van der Waals surface area contributed by atoms with Crippen molar-refractivity contribution in [2.75, 3.05) is 7.11 Å². The van der Waals surface area contributed by atoms with Gasteiger partial charge in [-0.05, 0) is 55.5 Å². The predicted molar refractivity (Wildman–Crippen MR) is 134 cm³/mol. The summed E-state index contributed by atoms with van der Waals surface area (Å²) in [6.45, 7) is 6.16. The summed E-state index contributed by atoms with van der Waals surface area (Å²) in [7, 11) is 0.0781. The first-order valence-corrected chi connectivity index (χ1v) is 12.7. The molecule has 1 aromatic carbocycles. The molecule has 1 aromatic rings. The number of fused-ring (bicyclic) bond motifs is 3. The van der Waals surface area contributed by atoms with Gasteiger partial charge in [0.05, 0.1) is 25.0 Å². The fourth-order valence-electron chi connectivity index (χ4n) is 6.02. The summed E-state index contributed by atoms with van der Waals surface area (Å²) in [6.07, 6.45) is 3.25. The van der Waals surface area contributed by atoms with Crippen molar-refractivity contribution in [1.82, 2.24) is 4.90 Å². The van der Waals surface area contributed by atoms with E-state index in [2.05, 4.69) is 20.8 Å². The van der Waals surface area contributed by atoms with E-state index in [1.165, 1.54) is 0 Å². The number of allylic oxidation sites excluding steroid dienone is 2. The Bertz CT molecular complexity index is 1110. The van der Waals surface area contributed by atoms with Crippen LogP contribution in [0, 0.1) is 23.7 Å². The van der Waals surface area contributed by atoms with Gasteiger partial charge in [-0.1, -0.05) is 56.2 Å². The molecule has 0 bridgehead atoms. The molecule has 2 saturated heterocycles. The van der Waals surface area contributed by atoms with Gasteiger partial charge < -0.3 is 19.5 Å². The topological polar surface area (TPSA) is 113 Å². The lowest BCUT2D eigenvalue weighted by molar-refractivity contribution is -0.137. The molecule has 2 heterocycles. The summed E-state index contributed by atoms with van der Waals surface area (Å²) in [5.74, 6) is -2.47. The number of phenolic OH excluding ortho intramolecular Hbond substituents is 1. The number of ether oxygens (including phenoxy) is 1. The lowest BCUT2D eigenvalue weighted by atomic mass is 9.57. The number of methoxy groups -OCH3 is 1. The summed E-state index contributed by atoms with van der Waals surface area (Å²) in [5, 5.41) is 20.8. The minimum atomic E-state index is -1.07. The van der Waals surface area contributed by atoms with Crippen molar-refractivity contribution >= 4 is 31.1 Å². The monoisotopic (exact) mass is 495 g/mol. The lowest BCUT2D eigenvalue weighted by Crippen LogP contribution is -2.46. The number of carbonyl (C=O) groups excluding carboxylic acids is 3. The molecule has 4 atom stereocenters. The molecule has 192 valence electrons. The zero-order chi connectivity index (χ0) is 26.1. The van der Waals surface area contributed by atoms with Crippen LogP contribution in [0.2, 0.25) is 6.32 Å². The number of carbonyl (C=O) groups is 3. The van der Waals surface area contributed by atoms with Gasteiger partial charge in [-0.2, -0.15) is 4.90 Å². The van der Waals surface area contributed by atoms with Crippen molar-refractivity contribution in [2.45, 2.75) is 58.9 Å². The second kappa shape index (κ2) is 10.6. The molecule has 0 saturated carbocycles. The SMILES string of the molecule is CC/C(=C\c1ccccc1O)CC[C@H]1OB(O)C[C@H]2C1=C(C(C)C)C[C@H]1C(=O)N(C(=O)OC)C(=O)[C@H]12. The fourth-order valence-corrected chi connectivity index (χ4v) is 6.02. The molecule has 36 heavy (non-hydrogen) atoms. The van der Waals surface area contributed by atoms with Gasteiger partial charge in [-0.3, -0.25) is 9.59 Å². The minimum absolute atomic E-state index is 0.113. The van der Waals surface area contributed by atoms with Crippen molar-refractivity contribution in [3.63, 3.8) is 0 Å². The molecular weight excluding hydrogens is 461 g/mol. The smallest absolute Gasteiger partial charge is 0.455 e. The Balaban J connectivity index is 1.65. The molecule has 0 unspecified atom stereocenters. The third kappa shape index (κ3) is 4.74. The van der Waals surface area contributed by atoms with Crippen LogP contribution in [0.25, 0.3) is 6.08 Å². The van der Waals surface area contributed by atoms with Crippen molar-refractivity contribution in [3.05, 3.63) is 46.5 Å². The van der Waals surface area contributed by atoms with E-state index in [1.807, 2.05) is 18.2 Å². The Hall–Kier alpha value is -2.91. The van der Waals surface area contributed by atoms with Crippen LogP contribution in [0.3, 0.4) is 0 Å². The van der Waals surface area contributed by atoms with Gasteiger partial charge >= 0.3 is 13.2 Å². The van der Waals surface area contributed by atoms with Crippen LogP contribution in [0.5, 0.6) is 5.75 Å². The molecular formula is C27H34BNO7. The molecule has 0 aromatic heterocycles. The fraction of sp³-hybridized carbons (Fsp3) is 0.519. The molecule has 0 radical (unpaired) electrons. The summed E-state index contributed by atoms with van der Waals surface area (Å²) in [6, 6.07) is 7.17. The van der Waals surface area contributed by atoms with E-state index in [4.69, 9.17) is 9.39 Å². The summed E-state index contributed by atoms with van der Waals surface area (Å²) in [5.41, 5.74) is 3.93. The van der Waals surface area contributed by atoms with Crippen LogP contribution in [0.1, 0.15) is 52.0 Å². The highest BCUT2D eigenvalue weighted by atomic mass is 16.5. The highest BCUT2D eigenvalue weighted by Gasteiger charge is 2.59. The zero-order valence-corrected chi connectivity index (χ0v) is 21.3. The van der Waals surface area contributed by atoms with E-state index in [-0.39, 0.29) is 23.9 Å². The Labute approximate surface area is 212 Å². The number of para-hydroxylation sites is 1. The Morgan fingerprint density at radius 3 is 2.61 bits per heavy atom. The number of imide groups is 3. The number of hydrogen-bond donors (Lipinski definition) is 2. The van der Waals surface area contributed by atoms with Gasteiger partial charge in [-0.15, -0.1) is 0 Å². The largest absolute Gasteiger partial charge is 0.507 e. The van der Waals surface area contributed by atoms with Crippen molar-refractivity contribution in [1.29, 1.82) is 0 Å². The maximum Gasteiger partial charge on any atom is 0.455 e. The van der Waals surface area contributed by atoms with Crippen LogP contribution < -0.4 is 0 Å². The predicted octanol–water partition coefficient (Wildman–Crippen LogP) is 4.19. The second-order valence-electron chi connectivity index (χ2n) is 10.1. The van der Waals surface area contributed by atoms with Crippen molar-refractivity contribution in [2.24, 2.45) is 23.7 Å². The number of hydrogen-bond acceptors (Lipinski definition) is 7. The Kier molecular flexibility index (Phi) is 7.71. The van der Waals surface area contributed by atoms with Gasteiger partial charge in [0.15, 0.2) is 0 Å². The number of rotatable bonds is 6. The molecule has 2 N–H and O–H groups in total. The van der Waals surface area contributed by atoms with Crippen LogP contribution in [-0.2, 0) is 19.0 Å². The number of phenols is 1. The summed E-state index contributed by atoms with van der Waals surface area (Å²) >= 11 is 0. The highest BCUT2D eigenvalue weighted by Crippen LogP contribution is 2.52. The quantitative estimate of drug-likeness (QED) is 0.346. The summed E-state index contributed by atoms with van der Waals surface area (Å²) < 4.78 is 10.7. The number of amides is 3. The first-order valence-electron chi connectivity index (χ1n) is 12.7. The number of aromatic hydroxyl groups is 1. The van der Waals surface area contributed by atoms with Gasteiger partial charge in [0.25, 0.3) is 0 Å². The molecule has 2 fully saturated rings. The second-order valence-corrected chi connectivity index (χ2v) is 10.1. The van der Waals surface area contributed by atoms with Gasteiger partial charge in [-0.25, -0.2) is 4.79 Å². The van der Waals surface area contributed by atoms with Gasteiger partial charge in [0.1, 0.15) is 5.75 Å². The summed E-state index contributed by atoms with van der Waals surface area (Å²) in [4.78, 5) is 39.2. The minimum Gasteiger partial charge on any atom is -0.507 e. The van der Waals surface area contributed by atoms with E-state index >= 15 is 0 Å². The van der Waals surface area contributed by atoms with Crippen LogP contribution >= 0.6 is 0 Å². The third-order valence-corrected chi connectivity index (χ3v) is 7.78. The van der Waals surface area contributed by atoms with E-state index in [9.17, 15) is 24.5 Å². The van der Waals surface area contributed by atoms with E-state index in [0.717, 1.165) is 35.8 Å². The first-order chi connectivity index (χ1) is 17.2. The highest BCUT2D eigenvalue weighted by molar-refractivity contribution is 6.43. The average Bonchev–Trinajstić information content (AvgIpc) is 3.11. The number of likely N-dealkylation sites (tertiary alicyclic amines) is 1. The molecule has 3 amide bonds. The van der Waals surface area contributed by atoms with Crippen LogP contribution in [-0.4, -0.2) is 53.3 Å². The molecule has 8 nitrogen and oxygen atoms in total.